The Morgan fingerprint density at radius 3 is 2.42 bits per heavy atom. The number of nitrogens with zero attached hydrogens (tertiary/aromatic N) is 1. The summed E-state index contributed by atoms with van der Waals surface area (Å²) in [5, 5.41) is 0. The molecule has 1 aromatic heterocycles. The van der Waals surface area contributed by atoms with E-state index in [0.717, 1.165) is 22.9 Å². The van der Waals surface area contributed by atoms with Crippen LogP contribution in [0.3, 0.4) is 0 Å². The molecule has 0 saturated heterocycles. The number of hydrogen-bond acceptors (Lipinski definition) is 2. The summed E-state index contributed by atoms with van der Waals surface area (Å²) in [5.74, 6) is 0.780. The molecule has 0 amide bonds. The maximum absolute atomic E-state index is 6.30. The zero-order valence-corrected chi connectivity index (χ0v) is 11.3. The number of aromatic nitrogens is 1. The van der Waals surface area contributed by atoms with Crippen LogP contribution < -0.4 is 5.73 Å². The zero-order chi connectivity index (χ0) is 13.2. The molecule has 1 fully saturated rings. The highest BCUT2D eigenvalue weighted by atomic mass is 14.8. The van der Waals surface area contributed by atoms with Crippen molar-refractivity contribution in [3.05, 3.63) is 65.0 Å². The number of rotatable bonds is 3. The van der Waals surface area contributed by atoms with Crippen molar-refractivity contribution in [2.45, 2.75) is 38.1 Å². The topological polar surface area (TPSA) is 38.9 Å². The first-order valence-corrected chi connectivity index (χ1v) is 7.03. The van der Waals surface area contributed by atoms with Gasteiger partial charge in [-0.25, -0.2) is 0 Å². The molecule has 2 heteroatoms. The van der Waals surface area contributed by atoms with E-state index in [1.54, 1.807) is 0 Å². The third-order valence-corrected chi connectivity index (χ3v) is 4.10. The Morgan fingerprint density at radius 2 is 1.84 bits per heavy atom. The van der Waals surface area contributed by atoms with Gasteiger partial charge in [0.25, 0.3) is 0 Å². The predicted molar refractivity (Wildman–Crippen MR) is 78.0 cm³/mol. The molecular weight excluding hydrogens is 232 g/mol. The highest BCUT2D eigenvalue weighted by Crippen LogP contribution is 2.36. The fourth-order valence-electron chi connectivity index (χ4n) is 2.63. The van der Waals surface area contributed by atoms with Crippen molar-refractivity contribution in [2.24, 2.45) is 5.73 Å². The molecule has 19 heavy (non-hydrogen) atoms. The molecule has 1 aromatic carbocycles. The van der Waals surface area contributed by atoms with Crippen LogP contribution in [0.4, 0.5) is 0 Å². The average Bonchev–Trinajstić information content (AvgIpc) is 2.37. The van der Waals surface area contributed by atoms with E-state index in [0.29, 0.717) is 0 Å². The number of pyridine rings is 1. The van der Waals surface area contributed by atoms with E-state index in [1.165, 1.54) is 24.8 Å². The number of nitrogens with two attached hydrogens (primary N) is 1. The largest absolute Gasteiger partial charge is 0.319 e. The Labute approximate surface area is 114 Å². The second kappa shape index (κ2) is 5.14. The van der Waals surface area contributed by atoms with Crippen molar-refractivity contribution >= 4 is 0 Å². The maximum atomic E-state index is 6.30. The Kier molecular flexibility index (Phi) is 3.34. The molecule has 0 spiro atoms. The van der Waals surface area contributed by atoms with Crippen LogP contribution in [0.5, 0.6) is 0 Å². The molecule has 0 aliphatic heterocycles. The normalized spacial score (nSPS) is 16.9. The smallest absolute Gasteiger partial charge is 0.0726 e. The molecule has 98 valence electrons. The summed E-state index contributed by atoms with van der Waals surface area (Å²) < 4.78 is 0. The van der Waals surface area contributed by atoms with Crippen LogP contribution in [0.1, 0.15) is 53.7 Å². The van der Waals surface area contributed by atoms with Crippen LogP contribution in [-0.2, 0) is 0 Å². The van der Waals surface area contributed by atoms with E-state index >= 15 is 0 Å². The van der Waals surface area contributed by atoms with Gasteiger partial charge in [-0.1, -0.05) is 36.8 Å². The minimum atomic E-state index is -0.129. The van der Waals surface area contributed by atoms with Crippen molar-refractivity contribution in [1.82, 2.24) is 4.98 Å². The van der Waals surface area contributed by atoms with Crippen LogP contribution >= 0.6 is 0 Å². The van der Waals surface area contributed by atoms with Crippen molar-refractivity contribution in [3.8, 4) is 0 Å². The lowest BCUT2D eigenvalue weighted by Gasteiger charge is -2.26. The first-order valence-electron chi connectivity index (χ1n) is 7.03. The van der Waals surface area contributed by atoms with Crippen molar-refractivity contribution in [1.29, 1.82) is 0 Å². The van der Waals surface area contributed by atoms with Crippen LogP contribution in [0, 0.1) is 6.92 Å². The van der Waals surface area contributed by atoms with Crippen molar-refractivity contribution in [3.63, 3.8) is 0 Å². The lowest BCUT2D eigenvalue weighted by Crippen LogP contribution is -2.14. The van der Waals surface area contributed by atoms with Gasteiger partial charge in [0.05, 0.1) is 11.7 Å². The summed E-state index contributed by atoms with van der Waals surface area (Å²) in [6.45, 7) is 2.00. The Bertz CT molecular complexity index is 556. The lowest BCUT2D eigenvalue weighted by atomic mass is 9.80. The molecule has 1 unspecified atom stereocenters. The first kappa shape index (κ1) is 12.4. The molecule has 3 rings (SSSR count). The fraction of sp³-hybridized carbons (Fsp3) is 0.353. The molecular formula is C17H20N2. The minimum absolute atomic E-state index is 0.129. The van der Waals surface area contributed by atoms with Gasteiger partial charge in [0.15, 0.2) is 0 Å². The van der Waals surface area contributed by atoms with Gasteiger partial charge in [0.1, 0.15) is 0 Å². The number of aryl methyl sites for hydroxylation is 1. The standard InChI is InChI=1S/C17H20N2/c1-12-4-2-7-16(19-12)17(18)15-10-8-14(9-11-15)13-5-3-6-13/h2,4,7-11,13,17H,3,5-6,18H2,1H3. The quantitative estimate of drug-likeness (QED) is 0.904. The molecule has 1 heterocycles. The van der Waals surface area contributed by atoms with Gasteiger partial charge in [-0.3, -0.25) is 4.98 Å². The SMILES string of the molecule is Cc1cccc(C(N)c2ccc(C3CCC3)cc2)n1. The molecule has 1 atom stereocenters. The van der Waals surface area contributed by atoms with E-state index in [4.69, 9.17) is 5.73 Å². The molecule has 2 aromatic rings. The van der Waals surface area contributed by atoms with E-state index in [2.05, 4.69) is 29.2 Å². The van der Waals surface area contributed by atoms with Gasteiger partial charge >= 0.3 is 0 Å². The van der Waals surface area contributed by atoms with Gasteiger partial charge in [-0.15, -0.1) is 0 Å². The van der Waals surface area contributed by atoms with Crippen molar-refractivity contribution < 1.29 is 0 Å². The Morgan fingerprint density at radius 1 is 1.11 bits per heavy atom. The van der Waals surface area contributed by atoms with E-state index < -0.39 is 0 Å². The summed E-state index contributed by atoms with van der Waals surface area (Å²) >= 11 is 0. The lowest BCUT2D eigenvalue weighted by molar-refractivity contribution is 0.419. The zero-order valence-electron chi connectivity index (χ0n) is 11.3. The molecule has 1 aliphatic carbocycles. The summed E-state index contributed by atoms with van der Waals surface area (Å²) in [5.41, 5.74) is 10.8. The Balaban J connectivity index is 1.81. The van der Waals surface area contributed by atoms with Crippen LogP contribution in [0.2, 0.25) is 0 Å². The Hall–Kier alpha value is -1.67. The molecule has 0 radical (unpaired) electrons. The second-order valence-corrected chi connectivity index (χ2v) is 5.48. The fourth-order valence-corrected chi connectivity index (χ4v) is 2.63. The molecule has 2 nitrogen and oxygen atoms in total. The van der Waals surface area contributed by atoms with Crippen molar-refractivity contribution in [2.75, 3.05) is 0 Å². The van der Waals surface area contributed by atoms with E-state index in [9.17, 15) is 0 Å². The summed E-state index contributed by atoms with van der Waals surface area (Å²) in [7, 11) is 0. The van der Waals surface area contributed by atoms with Gasteiger partial charge in [0.2, 0.25) is 0 Å². The highest BCUT2D eigenvalue weighted by Gasteiger charge is 2.19. The van der Waals surface area contributed by atoms with Crippen LogP contribution in [-0.4, -0.2) is 4.98 Å². The van der Waals surface area contributed by atoms with Crippen LogP contribution in [0.25, 0.3) is 0 Å². The minimum Gasteiger partial charge on any atom is -0.319 e. The second-order valence-electron chi connectivity index (χ2n) is 5.48. The molecule has 1 aliphatic rings. The number of benzene rings is 1. The summed E-state index contributed by atoms with van der Waals surface area (Å²) in [4.78, 5) is 4.51. The predicted octanol–water partition coefficient (Wildman–Crippen LogP) is 3.71. The molecule has 2 N–H and O–H groups in total. The van der Waals surface area contributed by atoms with Gasteiger partial charge in [0, 0.05) is 5.69 Å². The molecule has 0 bridgehead atoms. The molecule has 1 saturated carbocycles. The highest BCUT2D eigenvalue weighted by molar-refractivity contribution is 5.32. The van der Waals surface area contributed by atoms with E-state index in [-0.39, 0.29) is 6.04 Å². The third kappa shape index (κ3) is 2.54. The van der Waals surface area contributed by atoms with Gasteiger partial charge < -0.3 is 5.73 Å². The van der Waals surface area contributed by atoms with Crippen LogP contribution in [0.15, 0.2) is 42.5 Å². The average molecular weight is 252 g/mol. The number of hydrogen-bond donors (Lipinski definition) is 1. The first-order chi connectivity index (χ1) is 9.24. The summed E-state index contributed by atoms with van der Waals surface area (Å²) in [6.07, 6.45) is 4.05. The summed E-state index contributed by atoms with van der Waals surface area (Å²) in [6, 6.07) is 14.7. The maximum Gasteiger partial charge on any atom is 0.0726 e. The van der Waals surface area contributed by atoms with E-state index in [1.807, 2.05) is 25.1 Å². The van der Waals surface area contributed by atoms with Gasteiger partial charge in [-0.05, 0) is 48.9 Å². The third-order valence-electron chi connectivity index (χ3n) is 4.10. The van der Waals surface area contributed by atoms with Gasteiger partial charge in [-0.2, -0.15) is 0 Å². The monoisotopic (exact) mass is 252 g/mol.